The predicted molar refractivity (Wildman–Crippen MR) is 122 cm³/mol. The van der Waals surface area contributed by atoms with Crippen LogP contribution in [-0.2, 0) is 19.1 Å². The molecule has 0 aliphatic rings. The highest BCUT2D eigenvalue weighted by Crippen LogP contribution is 2.13. The summed E-state index contributed by atoms with van der Waals surface area (Å²) in [5.41, 5.74) is 0. The van der Waals surface area contributed by atoms with Gasteiger partial charge in [0.15, 0.2) is 6.10 Å². The van der Waals surface area contributed by atoms with Crippen LogP contribution < -0.4 is 0 Å². The average Bonchev–Trinajstić information content (AvgIpc) is 2.74. The third-order valence-electron chi connectivity index (χ3n) is 5.40. The number of rotatable bonds is 22. The Hall–Kier alpha value is -1.10. The Bertz CT molecular complexity index is 397. The van der Waals surface area contributed by atoms with E-state index in [2.05, 4.69) is 13.8 Å². The van der Waals surface area contributed by atoms with Gasteiger partial charge in [0.25, 0.3) is 0 Å². The minimum atomic E-state index is -0.755. The second-order valence-electron chi connectivity index (χ2n) is 8.43. The van der Waals surface area contributed by atoms with Gasteiger partial charge < -0.3 is 14.6 Å². The number of aliphatic hydroxyl groups excluding tert-OH is 1. The van der Waals surface area contributed by atoms with E-state index in [0.29, 0.717) is 12.8 Å². The van der Waals surface area contributed by atoms with Crippen molar-refractivity contribution in [2.24, 2.45) is 0 Å². The van der Waals surface area contributed by atoms with E-state index in [9.17, 15) is 14.7 Å². The van der Waals surface area contributed by atoms with Crippen molar-refractivity contribution >= 4 is 11.9 Å². The van der Waals surface area contributed by atoms with Crippen molar-refractivity contribution in [1.29, 1.82) is 0 Å². The van der Waals surface area contributed by atoms with Crippen molar-refractivity contribution in [3.63, 3.8) is 0 Å². The molecule has 0 aromatic rings. The van der Waals surface area contributed by atoms with E-state index in [1.807, 2.05) is 0 Å². The number of carbonyl (C=O) groups is 2. The van der Waals surface area contributed by atoms with Gasteiger partial charge in [0.2, 0.25) is 0 Å². The van der Waals surface area contributed by atoms with Crippen molar-refractivity contribution < 1.29 is 24.2 Å². The Morgan fingerprint density at radius 1 is 0.633 bits per heavy atom. The maximum absolute atomic E-state index is 11.8. The lowest BCUT2D eigenvalue weighted by molar-refractivity contribution is -0.161. The van der Waals surface area contributed by atoms with Crippen LogP contribution in [0.5, 0.6) is 0 Å². The molecule has 0 aromatic carbocycles. The van der Waals surface area contributed by atoms with Crippen LogP contribution in [0.15, 0.2) is 0 Å². The molecule has 1 N–H and O–H groups in total. The largest absolute Gasteiger partial charge is 0.462 e. The van der Waals surface area contributed by atoms with E-state index in [0.717, 1.165) is 32.1 Å². The maximum Gasteiger partial charge on any atom is 0.306 e. The van der Waals surface area contributed by atoms with Gasteiger partial charge in [-0.1, -0.05) is 104 Å². The molecule has 0 aliphatic carbocycles. The van der Waals surface area contributed by atoms with Crippen LogP contribution in [0.3, 0.4) is 0 Å². The van der Waals surface area contributed by atoms with E-state index < -0.39 is 6.10 Å². The molecule has 0 fully saturated rings. The predicted octanol–water partition coefficient (Wildman–Crippen LogP) is 6.50. The van der Waals surface area contributed by atoms with Gasteiger partial charge in [-0.2, -0.15) is 0 Å². The first-order valence-corrected chi connectivity index (χ1v) is 12.6. The molecule has 0 aromatic heterocycles. The number of esters is 2. The number of ether oxygens (including phenoxy) is 2. The smallest absolute Gasteiger partial charge is 0.306 e. The molecule has 0 radical (unpaired) electrons. The summed E-state index contributed by atoms with van der Waals surface area (Å²) in [6, 6.07) is 0. The quantitative estimate of drug-likeness (QED) is 0.157. The van der Waals surface area contributed by atoms with Crippen molar-refractivity contribution in [2.75, 3.05) is 13.2 Å². The first-order valence-electron chi connectivity index (χ1n) is 12.6. The average molecular weight is 429 g/mol. The van der Waals surface area contributed by atoms with Gasteiger partial charge in [0, 0.05) is 12.8 Å². The lowest BCUT2D eigenvalue weighted by Crippen LogP contribution is -2.28. The minimum absolute atomic E-state index is 0.0622. The molecule has 1 unspecified atom stereocenters. The normalized spacial score (nSPS) is 12.0. The van der Waals surface area contributed by atoms with Crippen molar-refractivity contribution in [3.05, 3.63) is 0 Å². The highest BCUT2D eigenvalue weighted by molar-refractivity contribution is 5.70. The van der Waals surface area contributed by atoms with Gasteiger partial charge in [0.1, 0.15) is 6.61 Å². The maximum atomic E-state index is 11.8. The first kappa shape index (κ1) is 28.9. The van der Waals surface area contributed by atoms with E-state index in [1.54, 1.807) is 0 Å². The fraction of sp³-hybridized carbons (Fsp3) is 0.920. The summed E-state index contributed by atoms with van der Waals surface area (Å²) in [6.07, 6.45) is 19.3. The zero-order valence-electron chi connectivity index (χ0n) is 19.8. The topological polar surface area (TPSA) is 72.8 Å². The number of aliphatic hydroxyl groups is 1. The standard InChI is InChI=1S/C25H48O5/c1-3-5-7-8-9-10-11-12-13-14-15-16-18-19-24(27)29-22-23(21-26)30-25(28)20-17-6-4-2/h23,26H,3-22H2,1-2H3. The molecule has 0 aliphatic heterocycles. The van der Waals surface area contributed by atoms with Gasteiger partial charge >= 0.3 is 11.9 Å². The summed E-state index contributed by atoms with van der Waals surface area (Å²) >= 11 is 0. The summed E-state index contributed by atoms with van der Waals surface area (Å²) in [5.74, 6) is -0.617. The highest BCUT2D eigenvalue weighted by atomic mass is 16.6. The summed E-state index contributed by atoms with van der Waals surface area (Å²) in [5, 5.41) is 9.29. The monoisotopic (exact) mass is 428 g/mol. The van der Waals surface area contributed by atoms with E-state index in [4.69, 9.17) is 9.47 Å². The molecule has 0 amide bonds. The van der Waals surface area contributed by atoms with Gasteiger partial charge in [-0.05, 0) is 12.8 Å². The highest BCUT2D eigenvalue weighted by Gasteiger charge is 2.15. The lowest BCUT2D eigenvalue weighted by Gasteiger charge is -2.15. The number of unbranched alkanes of at least 4 members (excludes halogenated alkanes) is 14. The minimum Gasteiger partial charge on any atom is -0.462 e. The molecule has 0 saturated heterocycles. The summed E-state index contributed by atoms with van der Waals surface area (Å²) in [6.45, 7) is 3.93. The van der Waals surface area contributed by atoms with E-state index >= 15 is 0 Å². The Morgan fingerprint density at radius 3 is 1.53 bits per heavy atom. The summed E-state index contributed by atoms with van der Waals surface area (Å²) < 4.78 is 10.3. The molecule has 178 valence electrons. The molecule has 0 rings (SSSR count). The second-order valence-corrected chi connectivity index (χ2v) is 8.43. The molecule has 5 nitrogen and oxygen atoms in total. The number of carbonyl (C=O) groups excluding carboxylic acids is 2. The van der Waals surface area contributed by atoms with Gasteiger partial charge in [0.05, 0.1) is 6.61 Å². The van der Waals surface area contributed by atoms with Crippen LogP contribution in [0.2, 0.25) is 0 Å². The van der Waals surface area contributed by atoms with Gasteiger partial charge in [-0.3, -0.25) is 9.59 Å². The van der Waals surface area contributed by atoms with Crippen molar-refractivity contribution in [1.82, 2.24) is 0 Å². The zero-order valence-corrected chi connectivity index (χ0v) is 19.8. The SMILES string of the molecule is CCCCCCCCCCCCCCCC(=O)OCC(CO)OC(=O)CCCCC. The van der Waals surface area contributed by atoms with E-state index in [-0.39, 0.29) is 25.2 Å². The van der Waals surface area contributed by atoms with Gasteiger partial charge in [-0.25, -0.2) is 0 Å². The third-order valence-corrected chi connectivity index (χ3v) is 5.40. The van der Waals surface area contributed by atoms with Crippen LogP contribution in [-0.4, -0.2) is 36.4 Å². The molecular weight excluding hydrogens is 380 g/mol. The van der Waals surface area contributed by atoms with Gasteiger partial charge in [-0.15, -0.1) is 0 Å². The van der Waals surface area contributed by atoms with E-state index in [1.165, 1.54) is 70.6 Å². The van der Waals surface area contributed by atoms with Crippen LogP contribution in [0.1, 0.15) is 129 Å². The molecule has 0 saturated carbocycles. The second kappa shape index (κ2) is 22.6. The Morgan fingerprint density at radius 2 is 1.03 bits per heavy atom. The first-order chi connectivity index (χ1) is 14.6. The molecule has 1 atom stereocenters. The Kier molecular flexibility index (Phi) is 21.8. The molecule has 5 heteroatoms. The van der Waals surface area contributed by atoms with Crippen LogP contribution >= 0.6 is 0 Å². The Balaban J connectivity index is 3.50. The Labute approximate surface area is 185 Å². The molecule has 0 spiro atoms. The molecule has 0 bridgehead atoms. The van der Waals surface area contributed by atoms with Crippen LogP contribution in [0.25, 0.3) is 0 Å². The van der Waals surface area contributed by atoms with Crippen LogP contribution in [0.4, 0.5) is 0 Å². The fourth-order valence-electron chi connectivity index (χ4n) is 3.43. The molecule has 30 heavy (non-hydrogen) atoms. The zero-order chi connectivity index (χ0) is 22.3. The van der Waals surface area contributed by atoms with Crippen molar-refractivity contribution in [3.8, 4) is 0 Å². The third kappa shape index (κ3) is 20.2. The summed E-state index contributed by atoms with van der Waals surface area (Å²) in [4.78, 5) is 23.5. The fourth-order valence-corrected chi connectivity index (χ4v) is 3.43. The lowest BCUT2D eigenvalue weighted by atomic mass is 10.0. The van der Waals surface area contributed by atoms with Crippen LogP contribution in [0, 0.1) is 0 Å². The number of hydrogen-bond donors (Lipinski definition) is 1. The molecule has 0 heterocycles. The molecular formula is C25H48O5. The summed E-state index contributed by atoms with van der Waals surface area (Å²) in [7, 11) is 0. The number of hydrogen-bond acceptors (Lipinski definition) is 5. The van der Waals surface area contributed by atoms with Crippen molar-refractivity contribution in [2.45, 2.75) is 136 Å².